The Bertz CT molecular complexity index is 2220. The van der Waals surface area contributed by atoms with Crippen molar-refractivity contribution in [2.24, 2.45) is 23.3 Å². The highest BCUT2D eigenvalue weighted by Crippen LogP contribution is 2.22. The molecule has 2 fully saturated rings. The number of thioether (sulfide) groups is 1. The number of β-amino-alcohol motifs (C(OH)–C–C–N with tert-alkyl or cyclic N) is 1. The number of carbonyl (C=O) groups excluding carboxylic acids is 9. The molecule has 25 heteroatoms. The molecule has 0 unspecified atom stereocenters. The zero-order valence-corrected chi connectivity index (χ0v) is 43.3. The summed E-state index contributed by atoms with van der Waals surface area (Å²) in [6.07, 6.45) is -1.42. The molecule has 4 rings (SSSR count). The Balaban J connectivity index is 1.66. The molecular weight excluding hydrogens is 992 g/mol. The van der Waals surface area contributed by atoms with E-state index in [0.717, 1.165) is 9.78 Å². The van der Waals surface area contributed by atoms with E-state index in [1.54, 1.807) is 55.6 Å². The van der Waals surface area contributed by atoms with Crippen LogP contribution in [0.15, 0.2) is 41.8 Å². The molecule has 22 nitrogen and oxygen atoms in total. The second-order valence-corrected chi connectivity index (χ2v) is 21.2. The Morgan fingerprint density at radius 2 is 1.54 bits per heavy atom. The van der Waals surface area contributed by atoms with Crippen molar-refractivity contribution in [2.75, 3.05) is 31.1 Å². The van der Waals surface area contributed by atoms with E-state index in [1.165, 1.54) is 23.1 Å². The Morgan fingerprint density at radius 1 is 0.875 bits per heavy atom. The van der Waals surface area contributed by atoms with Gasteiger partial charge in [-0.15, -0.1) is 11.3 Å². The highest BCUT2D eigenvalue weighted by molar-refractivity contribution is 7.99. The molecule has 0 bridgehead atoms. The standard InChI is InChI=1S/C47H69ClN12O10S2/c1-25(2)22-53-40(64)31(9-5-15-52-47(50)51)55-44(68)36-19-29(61)23-60(36)46(70)35-24-71-16-7-10-38(63)54-32(18-27-11-13-28(48)14-12-27)41(65)56-33(20-30-8-6-17-72-30)43(67)59-39(26(3)4)45(69)57-34(21-37(49)62)42(66)58-35/h6,8,11-14,17,25-26,29,31-36,39,61H,5,7,9-10,15-16,18-24H2,1-4H3,(H2,49,62)(H,53,64)(H,54,63)(H,55,68)(H,56,65)(H,57,69)(H,58,66)(H,59,67)(H4,50,51,52)/t29-,31-,32+,33+,34+,35+,36+,39+/m1/s1. The van der Waals surface area contributed by atoms with E-state index in [0.29, 0.717) is 23.6 Å². The lowest BCUT2D eigenvalue weighted by Gasteiger charge is -2.31. The number of thiophene rings is 1. The maximum atomic E-state index is 14.6. The lowest BCUT2D eigenvalue weighted by atomic mass is 10.0. The van der Waals surface area contributed by atoms with Gasteiger partial charge in [0.05, 0.1) is 12.5 Å². The molecular formula is C47H69ClN12O10S2. The first-order valence-electron chi connectivity index (χ1n) is 23.9. The summed E-state index contributed by atoms with van der Waals surface area (Å²) in [5, 5.41) is 42.1. The molecule has 2 aliphatic rings. The molecule has 9 amide bonds. The van der Waals surface area contributed by atoms with E-state index < -0.39 is 114 Å². The van der Waals surface area contributed by atoms with Crippen LogP contribution in [0.3, 0.4) is 0 Å². The van der Waals surface area contributed by atoms with Gasteiger partial charge in [-0.3, -0.25) is 48.6 Å². The molecule has 14 N–H and O–H groups in total. The second kappa shape index (κ2) is 28.9. The van der Waals surface area contributed by atoms with Crippen LogP contribution in [0.2, 0.25) is 5.02 Å². The number of nitrogens with zero attached hydrogens (tertiary/aromatic N) is 1. The van der Waals surface area contributed by atoms with E-state index in [9.17, 15) is 48.3 Å². The number of aliphatic hydroxyl groups is 1. The molecule has 2 aromatic rings. The summed E-state index contributed by atoms with van der Waals surface area (Å²) in [5.41, 5.74) is 11.6. The summed E-state index contributed by atoms with van der Waals surface area (Å²) in [5.74, 6) is -7.51. The fourth-order valence-corrected chi connectivity index (χ4v) is 9.74. The first kappa shape index (κ1) is 58.6. The number of primary amides is 1. The minimum Gasteiger partial charge on any atom is -0.391 e. The summed E-state index contributed by atoms with van der Waals surface area (Å²) in [4.78, 5) is 126. The highest BCUT2D eigenvalue weighted by atomic mass is 35.5. The number of aliphatic hydroxyl groups excluding tert-OH is 1. The topological polar surface area (TPSA) is 349 Å². The SMILES string of the molecule is CC(C)CNC(=O)[C@@H](CCCNC(=N)N)NC(=O)[C@@H]1C[C@@H](O)CN1C(=O)[C@@H]1CSCCCC(=O)N[C@@H](Cc2ccc(Cl)cc2)C(=O)N[C@@H](Cc2cccs2)C(=O)N[C@@H](C(C)C)C(=O)N[C@@H](CC(N)=O)C(=O)N1. The zero-order valence-electron chi connectivity index (χ0n) is 40.9. The van der Waals surface area contributed by atoms with Crippen LogP contribution in [0.4, 0.5) is 0 Å². The largest absolute Gasteiger partial charge is 0.391 e. The van der Waals surface area contributed by atoms with Crippen LogP contribution in [0.25, 0.3) is 0 Å². The third-order valence-electron chi connectivity index (χ3n) is 11.7. The van der Waals surface area contributed by atoms with Gasteiger partial charge in [-0.25, -0.2) is 0 Å². The number of hydrogen-bond donors (Lipinski definition) is 12. The first-order chi connectivity index (χ1) is 34.1. The normalized spacial score (nSPS) is 23.4. The second-order valence-electron chi connectivity index (χ2n) is 18.6. The van der Waals surface area contributed by atoms with Crippen LogP contribution in [-0.2, 0) is 56.0 Å². The number of likely N-dealkylation sites (tertiary alicyclic amines) is 1. The van der Waals surface area contributed by atoms with Gasteiger partial charge in [-0.2, -0.15) is 11.8 Å². The molecule has 8 atom stereocenters. The van der Waals surface area contributed by atoms with Crippen LogP contribution in [0.5, 0.6) is 0 Å². The van der Waals surface area contributed by atoms with E-state index in [-0.39, 0.29) is 75.0 Å². The van der Waals surface area contributed by atoms with E-state index >= 15 is 0 Å². The van der Waals surface area contributed by atoms with Gasteiger partial charge >= 0.3 is 0 Å². The first-order valence-corrected chi connectivity index (χ1v) is 26.3. The predicted molar refractivity (Wildman–Crippen MR) is 273 cm³/mol. The Labute approximate surface area is 432 Å². The fraction of sp³-hybridized carbons (Fsp3) is 0.574. The van der Waals surface area contributed by atoms with E-state index in [4.69, 9.17) is 28.5 Å². The van der Waals surface area contributed by atoms with Crippen molar-refractivity contribution >= 4 is 93.8 Å². The maximum Gasteiger partial charge on any atom is 0.246 e. The number of nitrogens with two attached hydrogens (primary N) is 2. The number of nitrogens with one attached hydrogen (secondary N) is 9. The number of benzene rings is 1. The van der Waals surface area contributed by atoms with Crippen molar-refractivity contribution in [1.82, 2.24) is 47.4 Å². The fourth-order valence-electron chi connectivity index (χ4n) is 7.89. The van der Waals surface area contributed by atoms with Crippen LogP contribution in [-0.4, -0.2) is 149 Å². The minimum atomic E-state index is -1.66. The number of amides is 9. The lowest BCUT2D eigenvalue weighted by molar-refractivity contribution is -0.142. The molecule has 2 aliphatic heterocycles. The van der Waals surface area contributed by atoms with Gasteiger partial charge in [0, 0.05) is 61.0 Å². The molecule has 1 aromatic carbocycles. The predicted octanol–water partition coefficient (Wildman–Crippen LogP) is -0.849. The van der Waals surface area contributed by atoms with Crippen LogP contribution < -0.4 is 54.0 Å². The summed E-state index contributed by atoms with van der Waals surface area (Å²) in [6.45, 7) is 7.28. The van der Waals surface area contributed by atoms with Crippen molar-refractivity contribution < 1.29 is 48.3 Å². The maximum absolute atomic E-state index is 14.6. The summed E-state index contributed by atoms with van der Waals surface area (Å²) in [6, 6.07) is 1.05. The van der Waals surface area contributed by atoms with Crippen LogP contribution >= 0.6 is 34.7 Å². The third-order valence-corrected chi connectivity index (χ3v) is 14.0. The molecule has 396 valence electrons. The molecule has 3 heterocycles. The smallest absolute Gasteiger partial charge is 0.246 e. The molecule has 1 aromatic heterocycles. The molecule has 0 spiro atoms. The van der Waals surface area contributed by atoms with E-state index in [2.05, 4.69) is 42.5 Å². The highest BCUT2D eigenvalue weighted by Gasteiger charge is 2.43. The average Bonchev–Trinajstić information content (AvgIpc) is 3.98. The van der Waals surface area contributed by atoms with Gasteiger partial charge in [0.2, 0.25) is 53.2 Å². The van der Waals surface area contributed by atoms with Gasteiger partial charge < -0.3 is 64.0 Å². The number of rotatable bonds is 17. The minimum absolute atomic E-state index is 0.0212. The van der Waals surface area contributed by atoms with Crippen molar-refractivity contribution in [1.29, 1.82) is 5.41 Å². The lowest BCUT2D eigenvalue weighted by Crippen LogP contribution is -2.61. The molecule has 0 saturated carbocycles. The zero-order chi connectivity index (χ0) is 53.1. The quantitative estimate of drug-likeness (QED) is 0.0523. The van der Waals surface area contributed by atoms with Crippen molar-refractivity contribution in [3.05, 3.63) is 57.2 Å². The van der Waals surface area contributed by atoms with Crippen LogP contribution in [0, 0.1) is 17.2 Å². The van der Waals surface area contributed by atoms with Gasteiger partial charge in [0.15, 0.2) is 5.96 Å². The van der Waals surface area contributed by atoms with Crippen LogP contribution in [0.1, 0.15) is 76.7 Å². The number of halogens is 1. The molecule has 2 saturated heterocycles. The number of guanidine groups is 1. The number of carbonyl (C=O) groups is 9. The Kier molecular flexibility index (Phi) is 23.5. The van der Waals surface area contributed by atoms with Gasteiger partial charge in [0.1, 0.15) is 42.3 Å². The van der Waals surface area contributed by atoms with Crippen molar-refractivity contribution in [3.8, 4) is 0 Å². The Morgan fingerprint density at radius 3 is 2.18 bits per heavy atom. The third kappa shape index (κ3) is 19.2. The van der Waals surface area contributed by atoms with E-state index in [1.807, 2.05) is 13.8 Å². The van der Waals surface area contributed by atoms with Gasteiger partial charge in [-0.05, 0) is 66.0 Å². The number of hydrogen-bond acceptors (Lipinski definition) is 13. The molecule has 72 heavy (non-hydrogen) atoms. The van der Waals surface area contributed by atoms with Gasteiger partial charge in [0.25, 0.3) is 0 Å². The van der Waals surface area contributed by atoms with Gasteiger partial charge in [-0.1, -0.05) is 57.5 Å². The summed E-state index contributed by atoms with van der Waals surface area (Å²) in [7, 11) is 0. The summed E-state index contributed by atoms with van der Waals surface area (Å²) >= 11 is 8.63. The average molecular weight is 1060 g/mol. The molecule has 0 aliphatic carbocycles. The molecule has 0 radical (unpaired) electrons. The van der Waals surface area contributed by atoms with Crippen molar-refractivity contribution in [3.63, 3.8) is 0 Å². The Hall–Kier alpha value is -5.98. The monoisotopic (exact) mass is 1060 g/mol. The van der Waals surface area contributed by atoms with Crippen molar-refractivity contribution in [2.45, 2.75) is 127 Å². The summed E-state index contributed by atoms with van der Waals surface area (Å²) < 4.78 is 0.